The van der Waals surface area contributed by atoms with Crippen LogP contribution in [0.2, 0.25) is 5.02 Å². The first-order valence-corrected chi connectivity index (χ1v) is 10.1. The fourth-order valence-electron chi connectivity index (χ4n) is 3.42. The number of rotatable bonds is 5. The van der Waals surface area contributed by atoms with Crippen molar-refractivity contribution in [1.82, 2.24) is 9.78 Å². The number of carbonyl (C=O) groups is 2. The predicted octanol–water partition coefficient (Wildman–Crippen LogP) is 5.43. The molecule has 7 heteroatoms. The molecule has 6 nitrogen and oxygen atoms in total. The van der Waals surface area contributed by atoms with Crippen molar-refractivity contribution in [1.29, 1.82) is 0 Å². The molecule has 0 aliphatic heterocycles. The third-order valence-electron chi connectivity index (χ3n) is 4.99. The van der Waals surface area contributed by atoms with E-state index in [1.807, 2.05) is 66.7 Å². The van der Waals surface area contributed by atoms with Crippen LogP contribution in [-0.2, 0) is 9.47 Å². The minimum Gasteiger partial charge on any atom is -0.465 e. The van der Waals surface area contributed by atoms with Gasteiger partial charge in [0.1, 0.15) is 11.3 Å². The van der Waals surface area contributed by atoms with Crippen LogP contribution in [0.5, 0.6) is 0 Å². The van der Waals surface area contributed by atoms with Crippen LogP contribution >= 0.6 is 11.6 Å². The van der Waals surface area contributed by atoms with Crippen molar-refractivity contribution in [2.45, 2.75) is 0 Å². The molecule has 0 atom stereocenters. The zero-order chi connectivity index (χ0) is 22.7. The molecule has 1 heterocycles. The molecule has 0 radical (unpaired) electrons. The molecule has 0 bridgehead atoms. The van der Waals surface area contributed by atoms with Gasteiger partial charge in [0.15, 0.2) is 5.69 Å². The second kappa shape index (κ2) is 9.08. The average molecular weight is 447 g/mol. The minimum absolute atomic E-state index is 0.00216. The van der Waals surface area contributed by atoms with Gasteiger partial charge in [-0.3, -0.25) is 0 Å². The maximum absolute atomic E-state index is 12.7. The number of para-hydroxylation sites is 1. The molecule has 0 aliphatic rings. The Labute approximate surface area is 190 Å². The van der Waals surface area contributed by atoms with Gasteiger partial charge in [0.2, 0.25) is 0 Å². The van der Waals surface area contributed by atoms with Crippen molar-refractivity contribution in [3.8, 4) is 28.1 Å². The largest absolute Gasteiger partial charge is 0.465 e. The Morgan fingerprint density at radius 1 is 0.750 bits per heavy atom. The zero-order valence-electron chi connectivity index (χ0n) is 17.4. The molecule has 1 aromatic heterocycles. The molecule has 0 amide bonds. The molecule has 0 saturated carbocycles. The lowest BCUT2D eigenvalue weighted by Crippen LogP contribution is -2.15. The smallest absolute Gasteiger partial charge is 0.357 e. The van der Waals surface area contributed by atoms with Gasteiger partial charge >= 0.3 is 11.9 Å². The highest BCUT2D eigenvalue weighted by molar-refractivity contribution is 6.30. The minimum atomic E-state index is -0.689. The van der Waals surface area contributed by atoms with Gasteiger partial charge in [-0.2, -0.15) is 5.10 Å². The fourth-order valence-corrected chi connectivity index (χ4v) is 3.55. The van der Waals surface area contributed by atoms with Gasteiger partial charge < -0.3 is 9.47 Å². The Bertz CT molecular complexity index is 1260. The first kappa shape index (κ1) is 21.3. The van der Waals surface area contributed by atoms with E-state index >= 15 is 0 Å². The van der Waals surface area contributed by atoms with Gasteiger partial charge in [-0.15, -0.1) is 0 Å². The Morgan fingerprint density at radius 2 is 1.28 bits per heavy atom. The average Bonchev–Trinajstić information content (AvgIpc) is 3.25. The molecule has 0 saturated heterocycles. The first-order valence-electron chi connectivity index (χ1n) is 9.75. The standard InChI is InChI=1S/C25H19ClN2O4/c1-31-24(29)21-22(18-10-8-16(9-11-18)17-12-14-19(26)15-13-17)27-28(23(21)25(30)32-2)20-6-4-3-5-7-20/h3-15H,1-2H3. The third-order valence-corrected chi connectivity index (χ3v) is 5.24. The molecule has 4 rings (SSSR count). The summed E-state index contributed by atoms with van der Waals surface area (Å²) in [4.78, 5) is 25.4. The van der Waals surface area contributed by atoms with Crippen LogP contribution in [0.15, 0.2) is 78.9 Å². The van der Waals surface area contributed by atoms with Crippen molar-refractivity contribution < 1.29 is 19.1 Å². The number of halogens is 1. The van der Waals surface area contributed by atoms with Crippen LogP contribution in [0.4, 0.5) is 0 Å². The van der Waals surface area contributed by atoms with E-state index in [0.717, 1.165) is 11.1 Å². The highest BCUT2D eigenvalue weighted by atomic mass is 35.5. The Balaban J connectivity index is 1.88. The van der Waals surface area contributed by atoms with E-state index in [-0.39, 0.29) is 11.3 Å². The van der Waals surface area contributed by atoms with E-state index in [2.05, 4.69) is 5.10 Å². The Hall–Kier alpha value is -3.90. The summed E-state index contributed by atoms with van der Waals surface area (Å²) in [7, 11) is 2.52. The molecular weight excluding hydrogens is 428 g/mol. The molecule has 32 heavy (non-hydrogen) atoms. The lowest BCUT2D eigenvalue weighted by Gasteiger charge is -2.07. The van der Waals surface area contributed by atoms with E-state index in [9.17, 15) is 9.59 Å². The Kier molecular flexibility index (Phi) is 6.05. The van der Waals surface area contributed by atoms with E-state index in [1.54, 1.807) is 12.1 Å². The lowest BCUT2D eigenvalue weighted by molar-refractivity contribution is 0.0549. The van der Waals surface area contributed by atoms with Gasteiger partial charge in [-0.1, -0.05) is 66.2 Å². The van der Waals surface area contributed by atoms with Gasteiger partial charge in [0, 0.05) is 10.6 Å². The molecule has 0 unspecified atom stereocenters. The number of aromatic nitrogens is 2. The third kappa shape index (κ3) is 4.00. The number of carbonyl (C=O) groups excluding carboxylic acids is 2. The summed E-state index contributed by atoms with van der Waals surface area (Å²) in [5.41, 5.74) is 3.61. The van der Waals surface area contributed by atoms with E-state index < -0.39 is 11.9 Å². The highest BCUT2D eigenvalue weighted by Gasteiger charge is 2.31. The number of esters is 2. The topological polar surface area (TPSA) is 70.4 Å². The molecule has 4 aromatic rings. The summed E-state index contributed by atoms with van der Waals surface area (Å²) in [5.74, 6) is -1.37. The van der Waals surface area contributed by atoms with Crippen molar-refractivity contribution in [3.05, 3.63) is 95.1 Å². The van der Waals surface area contributed by atoms with Crippen LogP contribution in [0.25, 0.3) is 28.1 Å². The van der Waals surface area contributed by atoms with Crippen molar-refractivity contribution in [3.63, 3.8) is 0 Å². The Morgan fingerprint density at radius 3 is 1.84 bits per heavy atom. The van der Waals surface area contributed by atoms with Crippen LogP contribution < -0.4 is 0 Å². The van der Waals surface area contributed by atoms with Crippen molar-refractivity contribution in [2.24, 2.45) is 0 Å². The molecule has 0 N–H and O–H groups in total. The van der Waals surface area contributed by atoms with Crippen molar-refractivity contribution >= 4 is 23.5 Å². The van der Waals surface area contributed by atoms with Crippen LogP contribution in [0.3, 0.4) is 0 Å². The zero-order valence-corrected chi connectivity index (χ0v) is 18.2. The van der Waals surface area contributed by atoms with Gasteiger partial charge in [-0.05, 0) is 35.4 Å². The molecule has 0 spiro atoms. The normalized spacial score (nSPS) is 10.6. The number of nitrogens with zero attached hydrogens (tertiary/aromatic N) is 2. The second-order valence-electron chi connectivity index (χ2n) is 6.89. The molecule has 3 aromatic carbocycles. The van der Waals surface area contributed by atoms with E-state index in [4.69, 9.17) is 21.1 Å². The number of ether oxygens (including phenoxy) is 2. The first-order chi connectivity index (χ1) is 15.5. The monoisotopic (exact) mass is 446 g/mol. The summed E-state index contributed by atoms with van der Waals surface area (Å²) in [6, 6.07) is 24.1. The van der Waals surface area contributed by atoms with Gasteiger partial charge in [-0.25, -0.2) is 14.3 Å². The summed E-state index contributed by atoms with van der Waals surface area (Å²) in [5, 5.41) is 5.26. The fraction of sp³-hybridized carbons (Fsp3) is 0.0800. The number of benzene rings is 3. The summed E-state index contributed by atoms with van der Waals surface area (Å²) < 4.78 is 11.3. The lowest BCUT2D eigenvalue weighted by atomic mass is 10.0. The second-order valence-corrected chi connectivity index (χ2v) is 7.32. The predicted molar refractivity (Wildman–Crippen MR) is 122 cm³/mol. The van der Waals surface area contributed by atoms with Gasteiger partial charge in [0.25, 0.3) is 0 Å². The molecule has 160 valence electrons. The summed E-state index contributed by atoms with van der Waals surface area (Å²) >= 11 is 5.98. The van der Waals surface area contributed by atoms with Crippen LogP contribution in [-0.4, -0.2) is 35.9 Å². The summed E-state index contributed by atoms with van der Waals surface area (Å²) in [6.45, 7) is 0. The molecular formula is C25H19ClN2O4. The van der Waals surface area contributed by atoms with Gasteiger partial charge in [0.05, 0.1) is 19.9 Å². The highest BCUT2D eigenvalue weighted by Crippen LogP contribution is 2.31. The number of hydrogen-bond acceptors (Lipinski definition) is 5. The van der Waals surface area contributed by atoms with Crippen molar-refractivity contribution in [2.75, 3.05) is 14.2 Å². The van der Waals surface area contributed by atoms with Crippen LogP contribution in [0.1, 0.15) is 20.8 Å². The van der Waals surface area contributed by atoms with E-state index in [0.29, 0.717) is 22.0 Å². The number of hydrogen-bond donors (Lipinski definition) is 0. The SMILES string of the molecule is COC(=O)c1c(-c2ccc(-c3ccc(Cl)cc3)cc2)nn(-c2ccccc2)c1C(=O)OC. The molecule has 0 aliphatic carbocycles. The quantitative estimate of drug-likeness (QED) is 0.382. The van der Waals surface area contributed by atoms with E-state index in [1.165, 1.54) is 18.9 Å². The number of methoxy groups -OCH3 is 2. The molecule has 0 fully saturated rings. The van der Waals surface area contributed by atoms with Crippen LogP contribution in [0, 0.1) is 0 Å². The summed E-state index contributed by atoms with van der Waals surface area (Å²) in [6.07, 6.45) is 0. The maximum Gasteiger partial charge on any atom is 0.357 e. The maximum atomic E-state index is 12.7.